The van der Waals surface area contributed by atoms with Gasteiger partial charge in [0.25, 0.3) is 5.91 Å². The molecule has 4 N–H and O–H groups in total. The lowest BCUT2D eigenvalue weighted by molar-refractivity contribution is -0.127. The van der Waals surface area contributed by atoms with Crippen LogP contribution in [0.25, 0.3) is 0 Å². The molecular weight excluding hydrogens is 395 g/mol. The third-order valence-electron chi connectivity index (χ3n) is 2.64. The van der Waals surface area contributed by atoms with E-state index in [0.717, 1.165) is 0 Å². The fraction of sp³-hybridized carbons (Fsp3) is 0.429. The number of pyridine rings is 1. The fourth-order valence-corrected chi connectivity index (χ4v) is 2.11. The number of carbonyl (C=O) groups excluding carboxylic acids is 3. The van der Waals surface area contributed by atoms with Crippen molar-refractivity contribution in [2.45, 2.75) is 39.3 Å². The van der Waals surface area contributed by atoms with Crippen molar-refractivity contribution in [3.8, 4) is 0 Å². The smallest absolute Gasteiger partial charge is 0.359 e. The van der Waals surface area contributed by atoms with E-state index >= 15 is 0 Å². The van der Waals surface area contributed by atoms with E-state index in [9.17, 15) is 14.4 Å². The first-order valence-corrected chi connectivity index (χ1v) is 8.10. The van der Waals surface area contributed by atoms with E-state index in [0.29, 0.717) is 0 Å². The predicted molar refractivity (Wildman–Crippen MR) is 95.0 cm³/mol. The Bertz CT molecular complexity index is 719. The number of hydrogen-bond acceptors (Lipinski definition) is 6. The number of carbonyl (C=O) groups is 3. The summed E-state index contributed by atoms with van der Waals surface area (Å²) < 4.78 is 4.92. The number of anilines is 1. The van der Waals surface area contributed by atoms with Gasteiger partial charge in [0.1, 0.15) is 5.02 Å². The maximum atomic E-state index is 12.1. The van der Waals surface area contributed by atoms with Crippen LogP contribution in [0.4, 0.5) is 10.5 Å². The lowest BCUT2D eigenvalue weighted by atomic mass is 10.1. The Morgan fingerprint density at radius 1 is 1.16 bits per heavy atom. The van der Waals surface area contributed by atoms with Crippen LogP contribution in [-0.4, -0.2) is 34.5 Å². The highest BCUT2D eigenvalue weighted by molar-refractivity contribution is 6.46. The van der Waals surface area contributed by atoms with Gasteiger partial charge in [-0.15, -0.1) is 0 Å². The molecule has 8 nitrogen and oxygen atoms in total. The van der Waals surface area contributed by atoms with Crippen LogP contribution in [0.2, 0.25) is 15.2 Å². The van der Waals surface area contributed by atoms with Gasteiger partial charge in [0.2, 0.25) is 0 Å². The number of aromatic nitrogens is 1. The van der Waals surface area contributed by atoms with E-state index in [1.807, 2.05) is 5.32 Å². The zero-order valence-corrected chi connectivity index (χ0v) is 16.1. The number of nitrogens with two attached hydrogens (primary N) is 1. The monoisotopic (exact) mass is 410 g/mol. The molecule has 1 atom stereocenters. The zero-order valence-electron chi connectivity index (χ0n) is 13.9. The Labute approximate surface area is 159 Å². The molecule has 1 aromatic rings. The second kappa shape index (κ2) is 8.07. The molecule has 1 unspecified atom stereocenters. The minimum atomic E-state index is -1.30. The van der Waals surface area contributed by atoms with Crippen LogP contribution < -0.4 is 16.4 Å². The molecule has 1 heterocycles. The zero-order chi connectivity index (χ0) is 19.5. The standard InChI is InChI=1S/C14H17Cl3N4O4/c1-5(11(22)20-13(24)21-14(2,3)4)25-12(23)9-6(15)8(18)7(16)10(17)19-9/h5H,1-4H3,(H2,18,19)(H2,20,21,22,24). The van der Waals surface area contributed by atoms with Crippen LogP contribution >= 0.6 is 34.8 Å². The second-order valence-electron chi connectivity index (χ2n) is 6.03. The molecule has 0 aliphatic heterocycles. The lowest BCUT2D eigenvalue weighted by Gasteiger charge is -2.21. The third-order valence-corrected chi connectivity index (χ3v) is 3.78. The Morgan fingerprint density at radius 3 is 2.24 bits per heavy atom. The quantitative estimate of drug-likeness (QED) is 0.519. The number of amides is 3. The molecule has 138 valence electrons. The summed E-state index contributed by atoms with van der Waals surface area (Å²) in [6.45, 7) is 6.49. The maximum absolute atomic E-state index is 12.1. The maximum Gasteiger partial charge on any atom is 0.359 e. The van der Waals surface area contributed by atoms with Crippen molar-refractivity contribution in [1.29, 1.82) is 0 Å². The largest absolute Gasteiger partial charge is 0.448 e. The molecule has 25 heavy (non-hydrogen) atoms. The van der Waals surface area contributed by atoms with E-state index < -0.39 is 35.2 Å². The normalized spacial score (nSPS) is 12.3. The number of esters is 1. The molecule has 0 aliphatic rings. The van der Waals surface area contributed by atoms with E-state index in [2.05, 4.69) is 10.3 Å². The van der Waals surface area contributed by atoms with Crippen molar-refractivity contribution in [3.63, 3.8) is 0 Å². The summed E-state index contributed by atoms with van der Waals surface area (Å²) in [5.41, 5.74) is 4.53. The molecule has 0 fully saturated rings. The van der Waals surface area contributed by atoms with E-state index in [1.165, 1.54) is 6.92 Å². The van der Waals surface area contributed by atoms with Gasteiger partial charge in [-0.25, -0.2) is 14.6 Å². The number of ether oxygens (including phenoxy) is 1. The van der Waals surface area contributed by atoms with Gasteiger partial charge in [-0.1, -0.05) is 34.8 Å². The molecule has 3 amide bonds. The lowest BCUT2D eigenvalue weighted by Crippen LogP contribution is -2.50. The minimum absolute atomic E-state index is 0.104. The van der Waals surface area contributed by atoms with Crippen LogP contribution in [0.3, 0.4) is 0 Å². The summed E-state index contributed by atoms with van der Waals surface area (Å²) in [4.78, 5) is 39.3. The average Bonchev–Trinajstić information content (AvgIpc) is 2.46. The summed E-state index contributed by atoms with van der Waals surface area (Å²) in [5, 5.41) is 3.98. The molecule has 0 aromatic carbocycles. The fourth-order valence-electron chi connectivity index (χ4n) is 1.52. The number of nitrogens with zero attached hydrogens (tertiary/aromatic N) is 1. The molecule has 0 radical (unpaired) electrons. The van der Waals surface area contributed by atoms with Gasteiger partial charge in [0.05, 0.1) is 10.7 Å². The van der Waals surface area contributed by atoms with Crippen molar-refractivity contribution in [1.82, 2.24) is 15.6 Å². The molecule has 11 heteroatoms. The molecule has 1 aromatic heterocycles. The summed E-state index contributed by atoms with van der Waals surface area (Å²) >= 11 is 17.4. The Kier molecular flexibility index (Phi) is 6.87. The molecule has 0 saturated heterocycles. The van der Waals surface area contributed by atoms with Crippen LogP contribution in [0.1, 0.15) is 38.2 Å². The van der Waals surface area contributed by atoms with Gasteiger partial charge >= 0.3 is 12.0 Å². The SMILES string of the molecule is CC(OC(=O)c1nc(Cl)c(Cl)c(N)c1Cl)C(=O)NC(=O)NC(C)(C)C. The Balaban J connectivity index is 2.81. The second-order valence-corrected chi connectivity index (χ2v) is 7.15. The summed E-state index contributed by atoms with van der Waals surface area (Å²) in [6, 6.07) is -0.727. The average molecular weight is 412 g/mol. The number of urea groups is 1. The van der Waals surface area contributed by atoms with Gasteiger partial charge < -0.3 is 15.8 Å². The molecule has 0 spiro atoms. The van der Waals surface area contributed by atoms with Gasteiger partial charge in [0.15, 0.2) is 17.0 Å². The number of nitrogen functional groups attached to an aromatic ring is 1. The van der Waals surface area contributed by atoms with Gasteiger partial charge in [-0.2, -0.15) is 0 Å². The number of imide groups is 1. The van der Waals surface area contributed by atoms with Crippen LogP contribution in [-0.2, 0) is 9.53 Å². The number of nitrogens with one attached hydrogen (secondary N) is 2. The van der Waals surface area contributed by atoms with Gasteiger partial charge in [0, 0.05) is 5.54 Å². The van der Waals surface area contributed by atoms with E-state index in [4.69, 9.17) is 45.3 Å². The van der Waals surface area contributed by atoms with Crippen molar-refractivity contribution in [2.24, 2.45) is 0 Å². The van der Waals surface area contributed by atoms with Crippen molar-refractivity contribution >= 4 is 58.4 Å². The minimum Gasteiger partial charge on any atom is -0.448 e. The topological polar surface area (TPSA) is 123 Å². The number of rotatable bonds is 3. The van der Waals surface area contributed by atoms with Crippen molar-refractivity contribution < 1.29 is 19.1 Å². The molecule has 0 saturated carbocycles. The van der Waals surface area contributed by atoms with Gasteiger partial charge in [-0.05, 0) is 27.7 Å². The first-order chi connectivity index (χ1) is 11.3. The Hall–Kier alpha value is -1.77. The van der Waals surface area contributed by atoms with Crippen LogP contribution in [0, 0.1) is 0 Å². The van der Waals surface area contributed by atoms with Crippen LogP contribution in [0.5, 0.6) is 0 Å². The first kappa shape index (κ1) is 21.3. The summed E-state index contributed by atoms with van der Waals surface area (Å²) in [6.07, 6.45) is -1.30. The molecule has 0 bridgehead atoms. The van der Waals surface area contributed by atoms with E-state index in [1.54, 1.807) is 20.8 Å². The molecular formula is C14H17Cl3N4O4. The highest BCUT2D eigenvalue weighted by Gasteiger charge is 2.26. The Morgan fingerprint density at radius 2 is 1.72 bits per heavy atom. The first-order valence-electron chi connectivity index (χ1n) is 6.97. The molecule has 1 rings (SSSR count). The molecule has 0 aliphatic carbocycles. The number of halogens is 3. The summed E-state index contributed by atoms with van der Waals surface area (Å²) in [5.74, 6) is -1.88. The number of hydrogen-bond donors (Lipinski definition) is 3. The third kappa shape index (κ3) is 5.91. The van der Waals surface area contributed by atoms with E-state index in [-0.39, 0.29) is 20.9 Å². The highest BCUT2D eigenvalue weighted by atomic mass is 35.5. The predicted octanol–water partition coefficient (Wildman–Crippen LogP) is 2.79. The summed E-state index contributed by atoms with van der Waals surface area (Å²) in [7, 11) is 0. The van der Waals surface area contributed by atoms with Gasteiger partial charge in [-0.3, -0.25) is 10.1 Å². The van der Waals surface area contributed by atoms with Crippen molar-refractivity contribution in [3.05, 3.63) is 20.9 Å². The van der Waals surface area contributed by atoms with Crippen molar-refractivity contribution in [2.75, 3.05) is 5.73 Å². The highest BCUT2D eigenvalue weighted by Crippen LogP contribution is 2.34. The van der Waals surface area contributed by atoms with Crippen LogP contribution in [0.15, 0.2) is 0 Å².